The molecule has 0 aromatic heterocycles. The average molecular weight is 338 g/mol. The normalized spacial score (nSPS) is 11.7. The lowest BCUT2D eigenvalue weighted by molar-refractivity contribution is 0.0527. The van der Waals surface area contributed by atoms with Gasteiger partial charge in [-0.3, -0.25) is 0 Å². The Morgan fingerprint density at radius 3 is 2.18 bits per heavy atom. The first-order chi connectivity index (χ1) is 10.4. The Balaban J connectivity index is 3.44. The zero-order valence-electron chi connectivity index (χ0n) is 14.4. The van der Waals surface area contributed by atoms with Gasteiger partial charge in [0, 0.05) is 13.1 Å². The van der Waals surface area contributed by atoms with Crippen molar-refractivity contribution in [3.63, 3.8) is 0 Å². The van der Waals surface area contributed by atoms with Crippen LogP contribution in [-0.2, 0) is 18.3 Å². The molecule has 7 nitrogen and oxygen atoms in total. The maximum Gasteiger partial charge on any atom is 0.407 e. The topological polar surface area (TPSA) is 78.0 Å². The standard InChI is InChI=1S/C14H31N2O5P/c1-6-18-22(19-7-2)20-12-11-15-9-8-10-16-13(17)21-14(3,4)5/h15H,6-12H2,1-5H3,(H,16,17). The number of carbonyl (C=O) groups excluding carboxylic acids is 1. The van der Waals surface area contributed by atoms with E-state index in [1.165, 1.54) is 0 Å². The molecule has 0 spiro atoms. The van der Waals surface area contributed by atoms with Gasteiger partial charge in [0.05, 0.1) is 19.8 Å². The Morgan fingerprint density at radius 2 is 1.64 bits per heavy atom. The van der Waals surface area contributed by atoms with E-state index in [-0.39, 0.29) is 6.09 Å². The van der Waals surface area contributed by atoms with Crippen LogP contribution in [0.2, 0.25) is 0 Å². The number of amides is 1. The van der Waals surface area contributed by atoms with Gasteiger partial charge in [-0.05, 0) is 47.6 Å². The maximum atomic E-state index is 11.4. The highest BCUT2D eigenvalue weighted by Gasteiger charge is 2.15. The van der Waals surface area contributed by atoms with Gasteiger partial charge in [0.1, 0.15) is 5.60 Å². The lowest BCUT2D eigenvalue weighted by atomic mass is 10.2. The minimum Gasteiger partial charge on any atom is -0.444 e. The number of hydrogen-bond acceptors (Lipinski definition) is 6. The van der Waals surface area contributed by atoms with Crippen molar-refractivity contribution in [2.45, 2.75) is 46.6 Å². The van der Waals surface area contributed by atoms with Crippen LogP contribution >= 0.6 is 8.60 Å². The Bertz CT molecular complexity index is 281. The largest absolute Gasteiger partial charge is 0.444 e. The first-order valence-electron chi connectivity index (χ1n) is 7.75. The number of alkyl carbamates (subject to hydrolysis) is 1. The third kappa shape index (κ3) is 14.5. The van der Waals surface area contributed by atoms with E-state index < -0.39 is 14.2 Å². The summed E-state index contributed by atoms with van der Waals surface area (Å²) in [4.78, 5) is 11.4. The summed E-state index contributed by atoms with van der Waals surface area (Å²) >= 11 is 0. The molecule has 0 aromatic carbocycles. The predicted octanol–water partition coefficient (Wildman–Crippen LogP) is 2.81. The summed E-state index contributed by atoms with van der Waals surface area (Å²) in [6.45, 7) is 13.1. The molecule has 0 unspecified atom stereocenters. The van der Waals surface area contributed by atoms with E-state index in [1.54, 1.807) is 0 Å². The van der Waals surface area contributed by atoms with E-state index in [1.807, 2.05) is 34.6 Å². The van der Waals surface area contributed by atoms with Gasteiger partial charge in [-0.25, -0.2) is 4.79 Å². The van der Waals surface area contributed by atoms with Crippen LogP contribution in [0.25, 0.3) is 0 Å². The average Bonchev–Trinajstić information content (AvgIpc) is 2.40. The number of ether oxygens (including phenoxy) is 1. The number of hydrogen-bond donors (Lipinski definition) is 2. The summed E-state index contributed by atoms with van der Waals surface area (Å²) in [7, 11) is -1.22. The van der Waals surface area contributed by atoms with Crippen molar-refractivity contribution in [3.8, 4) is 0 Å². The second-order valence-electron chi connectivity index (χ2n) is 5.42. The number of rotatable bonds is 12. The summed E-state index contributed by atoms with van der Waals surface area (Å²) < 4.78 is 21.3. The third-order valence-corrected chi connectivity index (χ3v) is 3.47. The Kier molecular flexibility index (Phi) is 12.8. The summed E-state index contributed by atoms with van der Waals surface area (Å²) in [5, 5.41) is 5.94. The van der Waals surface area contributed by atoms with E-state index >= 15 is 0 Å². The van der Waals surface area contributed by atoms with E-state index in [0.29, 0.717) is 32.9 Å². The monoisotopic (exact) mass is 338 g/mol. The highest BCUT2D eigenvalue weighted by atomic mass is 31.2. The molecule has 0 heterocycles. The predicted molar refractivity (Wildman–Crippen MR) is 87.8 cm³/mol. The molecule has 22 heavy (non-hydrogen) atoms. The molecule has 0 aliphatic carbocycles. The van der Waals surface area contributed by atoms with Crippen LogP contribution in [-0.4, -0.2) is 51.1 Å². The molecule has 0 bridgehead atoms. The van der Waals surface area contributed by atoms with Crippen molar-refractivity contribution >= 4 is 14.7 Å². The van der Waals surface area contributed by atoms with Crippen molar-refractivity contribution < 1.29 is 23.1 Å². The van der Waals surface area contributed by atoms with Crippen LogP contribution < -0.4 is 10.6 Å². The Hall–Kier alpha value is -0.460. The van der Waals surface area contributed by atoms with Crippen LogP contribution in [0.1, 0.15) is 41.0 Å². The summed E-state index contributed by atoms with van der Waals surface area (Å²) in [5.74, 6) is 0. The quantitative estimate of drug-likeness (QED) is 0.421. The fourth-order valence-electron chi connectivity index (χ4n) is 1.36. The maximum absolute atomic E-state index is 11.4. The fraction of sp³-hybridized carbons (Fsp3) is 0.929. The van der Waals surface area contributed by atoms with Gasteiger partial charge in [0.15, 0.2) is 0 Å². The molecule has 8 heteroatoms. The van der Waals surface area contributed by atoms with Crippen LogP contribution in [0.3, 0.4) is 0 Å². The van der Waals surface area contributed by atoms with Crippen molar-refractivity contribution in [2.24, 2.45) is 0 Å². The molecule has 0 rings (SSSR count). The molecule has 0 fully saturated rings. The van der Waals surface area contributed by atoms with Crippen molar-refractivity contribution in [1.29, 1.82) is 0 Å². The summed E-state index contributed by atoms with van der Waals surface area (Å²) in [5.41, 5.74) is -0.459. The van der Waals surface area contributed by atoms with Crippen LogP contribution in [0.15, 0.2) is 0 Å². The van der Waals surface area contributed by atoms with Crippen molar-refractivity contribution in [1.82, 2.24) is 10.6 Å². The van der Waals surface area contributed by atoms with Crippen molar-refractivity contribution in [3.05, 3.63) is 0 Å². The van der Waals surface area contributed by atoms with Gasteiger partial charge in [-0.1, -0.05) is 0 Å². The lowest BCUT2D eigenvalue weighted by Crippen LogP contribution is -2.34. The molecule has 0 saturated carbocycles. The first-order valence-corrected chi connectivity index (χ1v) is 8.85. The zero-order valence-corrected chi connectivity index (χ0v) is 15.3. The van der Waals surface area contributed by atoms with Gasteiger partial charge < -0.3 is 28.9 Å². The van der Waals surface area contributed by atoms with Gasteiger partial charge in [-0.15, -0.1) is 0 Å². The molecule has 132 valence electrons. The highest BCUT2D eigenvalue weighted by molar-refractivity contribution is 7.41. The SMILES string of the molecule is CCOP(OCC)OCCNCCCNC(=O)OC(C)(C)C. The van der Waals surface area contributed by atoms with Gasteiger partial charge in [0.25, 0.3) is 0 Å². The minimum atomic E-state index is -1.22. The first kappa shape index (κ1) is 21.5. The highest BCUT2D eigenvalue weighted by Crippen LogP contribution is 2.38. The van der Waals surface area contributed by atoms with Crippen LogP contribution in [0, 0.1) is 0 Å². The van der Waals surface area contributed by atoms with Gasteiger partial charge >= 0.3 is 14.7 Å². The molecule has 0 saturated heterocycles. The van der Waals surface area contributed by atoms with E-state index in [2.05, 4.69) is 10.6 Å². The molecule has 0 radical (unpaired) electrons. The molecular formula is C14H31N2O5P. The molecule has 1 amide bonds. The second kappa shape index (κ2) is 13.0. The smallest absolute Gasteiger partial charge is 0.407 e. The number of carbonyl (C=O) groups is 1. The molecule has 0 atom stereocenters. The minimum absolute atomic E-state index is 0.380. The molecular weight excluding hydrogens is 307 g/mol. The molecule has 0 aromatic rings. The molecule has 0 aliphatic heterocycles. The fourth-order valence-corrected chi connectivity index (χ4v) is 2.24. The molecule has 2 N–H and O–H groups in total. The summed E-state index contributed by atoms with van der Waals surface area (Å²) in [6.07, 6.45) is 0.445. The van der Waals surface area contributed by atoms with Crippen LogP contribution in [0.4, 0.5) is 4.79 Å². The van der Waals surface area contributed by atoms with E-state index in [9.17, 15) is 4.79 Å². The van der Waals surface area contributed by atoms with E-state index in [4.69, 9.17) is 18.3 Å². The van der Waals surface area contributed by atoms with Crippen molar-refractivity contribution in [2.75, 3.05) is 39.5 Å². The van der Waals surface area contributed by atoms with E-state index in [0.717, 1.165) is 13.0 Å². The van der Waals surface area contributed by atoms with Gasteiger partial charge in [0.2, 0.25) is 0 Å². The van der Waals surface area contributed by atoms with Gasteiger partial charge in [-0.2, -0.15) is 0 Å². The number of nitrogens with one attached hydrogen (secondary N) is 2. The molecule has 0 aliphatic rings. The second-order valence-corrected chi connectivity index (χ2v) is 6.65. The summed E-state index contributed by atoms with van der Waals surface area (Å²) in [6, 6.07) is 0. The third-order valence-electron chi connectivity index (χ3n) is 2.14. The Morgan fingerprint density at radius 1 is 1.00 bits per heavy atom. The lowest BCUT2D eigenvalue weighted by Gasteiger charge is -2.19. The zero-order chi connectivity index (χ0) is 16.8. The Labute approximate surface area is 135 Å². The van der Waals surface area contributed by atoms with Crippen LogP contribution in [0.5, 0.6) is 0 Å².